The van der Waals surface area contributed by atoms with Gasteiger partial charge < -0.3 is 13.9 Å². The SMILES string of the molecule is C[C@@H](c1cn(C)c(=O)c2cc(F)c(F)cc12)N(C)C(=O)c1cc2c(F)cccn2c1. The summed E-state index contributed by atoms with van der Waals surface area (Å²) in [5, 5.41) is 0.260. The van der Waals surface area contributed by atoms with Gasteiger partial charge in [0.2, 0.25) is 0 Å². The maximum absolute atomic E-state index is 14.0. The van der Waals surface area contributed by atoms with Gasteiger partial charge in [-0.1, -0.05) is 0 Å². The third-order valence-corrected chi connectivity index (χ3v) is 5.44. The fourth-order valence-corrected chi connectivity index (χ4v) is 3.63. The Morgan fingerprint density at radius 2 is 1.70 bits per heavy atom. The number of rotatable bonds is 3. The summed E-state index contributed by atoms with van der Waals surface area (Å²) >= 11 is 0. The molecule has 0 fully saturated rings. The Balaban J connectivity index is 1.79. The predicted octanol–water partition coefficient (Wildman–Crippen LogP) is 4.04. The van der Waals surface area contributed by atoms with E-state index < -0.39 is 29.1 Å². The first-order valence-electron chi connectivity index (χ1n) is 9.20. The Morgan fingerprint density at radius 1 is 1.03 bits per heavy atom. The summed E-state index contributed by atoms with van der Waals surface area (Å²) in [5.41, 5.74) is 0.563. The average molecular weight is 413 g/mol. The highest BCUT2D eigenvalue weighted by molar-refractivity contribution is 5.96. The summed E-state index contributed by atoms with van der Waals surface area (Å²) in [5.74, 6) is -3.02. The quantitative estimate of drug-likeness (QED) is 0.509. The van der Waals surface area contributed by atoms with Gasteiger partial charge in [-0.3, -0.25) is 9.59 Å². The summed E-state index contributed by atoms with van der Waals surface area (Å²) in [7, 11) is 3.06. The van der Waals surface area contributed by atoms with E-state index in [1.54, 1.807) is 20.2 Å². The van der Waals surface area contributed by atoms with Crippen molar-refractivity contribution in [1.29, 1.82) is 0 Å². The number of benzene rings is 1. The van der Waals surface area contributed by atoms with E-state index in [1.807, 2.05) is 0 Å². The van der Waals surface area contributed by atoms with Gasteiger partial charge in [-0.25, -0.2) is 13.2 Å². The van der Waals surface area contributed by atoms with Crippen LogP contribution in [0.2, 0.25) is 0 Å². The molecule has 1 atom stereocenters. The number of halogens is 3. The molecule has 5 nitrogen and oxygen atoms in total. The van der Waals surface area contributed by atoms with Crippen LogP contribution in [0.25, 0.3) is 16.3 Å². The summed E-state index contributed by atoms with van der Waals surface area (Å²) in [6.07, 6.45) is 4.67. The van der Waals surface area contributed by atoms with Crippen molar-refractivity contribution in [2.75, 3.05) is 7.05 Å². The van der Waals surface area contributed by atoms with Crippen LogP contribution < -0.4 is 5.56 Å². The smallest absolute Gasteiger partial charge is 0.258 e. The molecule has 0 unspecified atom stereocenters. The number of carbonyl (C=O) groups excluding carboxylic acids is 1. The average Bonchev–Trinajstić information content (AvgIpc) is 3.16. The van der Waals surface area contributed by atoms with E-state index >= 15 is 0 Å². The van der Waals surface area contributed by atoms with Crippen LogP contribution in [0, 0.1) is 17.5 Å². The minimum atomic E-state index is -1.11. The molecule has 30 heavy (non-hydrogen) atoms. The van der Waals surface area contributed by atoms with Crippen LogP contribution >= 0.6 is 0 Å². The van der Waals surface area contributed by atoms with E-state index in [-0.39, 0.29) is 27.8 Å². The highest BCUT2D eigenvalue weighted by Gasteiger charge is 2.24. The molecule has 0 aliphatic heterocycles. The molecule has 3 heterocycles. The number of hydrogen-bond donors (Lipinski definition) is 0. The van der Waals surface area contributed by atoms with Crippen LogP contribution in [-0.4, -0.2) is 26.8 Å². The molecule has 1 aromatic carbocycles. The van der Waals surface area contributed by atoms with E-state index in [4.69, 9.17) is 0 Å². The van der Waals surface area contributed by atoms with Gasteiger partial charge in [-0.15, -0.1) is 0 Å². The summed E-state index contributed by atoms with van der Waals surface area (Å²) in [6, 6.07) is 5.55. The van der Waals surface area contributed by atoms with Crippen LogP contribution in [0.4, 0.5) is 13.2 Å². The van der Waals surface area contributed by atoms with Crippen molar-refractivity contribution in [3.8, 4) is 0 Å². The van der Waals surface area contributed by atoms with Crippen molar-refractivity contribution in [3.63, 3.8) is 0 Å². The number of amides is 1. The van der Waals surface area contributed by atoms with Crippen LogP contribution in [0.15, 0.2) is 53.7 Å². The van der Waals surface area contributed by atoms with Gasteiger partial charge in [0.15, 0.2) is 11.6 Å². The second-order valence-corrected chi connectivity index (χ2v) is 7.28. The molecule has 4 aromatic rings. The molecular weight excluding hydrogens is 395 g/mol. The van der Waals surface area contributed by atoms with E-state index in [0.29, 0.717) is 5.56 Å². The Bertz CT molecular complexity index is 1370. The lowest BCUT2D eigenvalue weighted by Crippen LogP contribution is -2.30. The van der Waals surface area contributed by atoms with E-state index in [2.05, 4.69) is 0 Å². The molecule has 0 bridgehead atoms. The van der Waals surface area contributed by atoms with E-state index in [1.165, 1.54) is 51.5 Å². The molecule has 4 rings (SSSR count). The summed E-state index contributed by atoms with van der Waals surface area (Å²) in [4.78, 5) is 26.8. The molecule has 0 radical (unpaired) electrons. The lowest BCUT2D eigenvalue weighted by molar-refractivity contribution is 0.0743. The Kier molecular flexibility index (Phi) is 4.64. The van der Waals surface area contributed by atoms with Gasteiger partial charge in [0.05, 0.1) is 22.5 Å². The van der Waals surface area contributed by atoms with Crippen molar-refractivity contribution in [3.05, 3.63) is 87.9 Å². The minimum absolute atomic E-state index is 0.0262. The first kappa shape index (κ1) is 19.8. The number of aromatic nitrogens is 2. The highest BCUT2D eigenvalue weighted by Crippen LogP contribution is 2.28. The Hall–Kier alpha value is -3.55. The third kappa shape index (κ3) is 3.04. The second kappa shape index (κ2) is 7.05. The molecular formula is C22H18F3N3O2. The lowest BCUT2D eigenvalue weighted by Gasteiger charge is -2.26. The van der Waals surface area contributed by atoms with Crippen LogP contribution in [0.5, 0.6) is 0 Å². The van der Waals surface area contributed by atoms with Crippen molar-refractivity contribution in [2.24, 2.45) is 7.05 Å². The standard InChI is InChI=1S/C22H18F3N3O2/c1-12(16-11-26(2)22(30)15-9-19(25)18(24)8-14(15)16)27(3)21(29)13-7-20-17(23)5-4-6-28(20)10-13/h4-12H,1-3H3/t12-/m0/s1. The first-order chi connectivity index (χ1) is 14.2. The normalized spacial score (nSPS) is 12.5. The highest BCUT2D eigenvalue weighted by atomic mass is 19.2. The summed E-state index contributed by atoms with van der Waals surface area (Å²) < 4.78 is 44.4. The molecule has 0 N–H and O–H groups in total. The Morgan fingerprint density at radius 3 is 2.37 bits per heavy atom. The molecule has 0 saturated carbocycles. The zero-order chi connectivity index (χ0) is 21.7. The largest absolute Gasteiger partial charge is 0.335 e. The molecule has 0 spiro atoms. The van der Waals surface area contributed by atoms with Crippen LogP contribution in [-0.2, 0) is 7.05 Å². The van der Waals surface area contributed by atoms with Crippen molar-refractivity contribution in [1.82, 2.24) is 13.9 Å². The Labute approximate surface area is 169 Å². The number of nitrogens with zero attached hydrogens (tertiary/aromatic N) is 3. The number of pyridine rings is 2. The van der Waals surface area contributed by atoms with Gasteiger partial charge in [0, 0.05) is 32.7 Å². The zero-order valence-electron chi connectivity index (χ0n) is 16.5. The molecule has 1 amide bonds. The predicted molar refractivity (Wildman–Crippen MR) is 107 cm³/mol. The van der Waals surface area contributed by atoms with Gasteiger partial charge in [0.1, 0.15) is 5.82 Å². The maximum atomic E-state index is 14.0. The fraction of sp³-hybridized carbons (Fsp3) is 0.182. The van der Waals surface area contributed by atoms with Crippen molar-refractivity contribution >= 4 is 22.2 Å². The second-order valence-electron chi connectivity index (χ2n) is 7.28. The van der Waals surface area contributed by atoms with E-state index in [9.17, 15) is 22.8 Å². The van der Waals surface area contributed by atoms with Gasteiger partial charge >= 0.3 is 0 Å². The number of aryl methyl sites for hydroxylation is 1. The monoisotopic (exact) mass is 413 g/mol. The van der Waals surface area contributed by atoms with E-state index in [0.717, 1.165) is 12.1 Å². The molecule has 0 aliphatic rings. The number of fused-ring (bicyclic) bond motifs is 2. The topological polar surface area (TPSA) is 46.7 Å². The van der Waals surface area contributed by atoms with Gasteiger partial charge in [0.25, 0.3) is 11.5 Å². The molecule has 3 aromatic heterocycles. The van der Waals surface area contributed by atoms with Gasteiger partial charge in [-0.2, -0.15) is 0 Å². The van der Waals surface area contributed by atoms with Crippen molar-refractivity contribution < 1.29 is 18.0 Å². The molecule has 8 heteroatoms. The first-order valence-corrected chi connectivity index (χ1v) is 9.20. The zero-order valence-corrected chi connectivity index (χ0v) is 16.5. The number of hydrogen-bond acceptors (Lipinski definition) is 2. The molecule has 0 saturated heterocycles. The van der Waals surface area contributed by atoms with Gasteiger partial charge in [-0.05, 0) is 48.2 Å². The minimum Gasteiger partial charge on any atom is -0.335 e. The molecule has 0 aliphatic carbocycles. The van der Waals surface area contributed by atoms with Crippen LogP contribution in [0.1, 0.15) is 28.9 Å². The lowest BCUT2D eigenvalue weighted by atomic mass is 10.0. The number of carbonyl (C=O) groups is 1. The van der Waals surface area contributed by atoms with Crippen LogP contribution in [0.3, 0.4) is 0 Å². The fourth-order valence-electron chi connectivity index (χ4n) is 3.63. The summed E-state index contributed by atoms with van der Waals surface area (Å²) in [6.45, 7) is 1.72. The van der Waals surface area contributed by atoms with Crippen molar-refractivity contribution in [2.45, 2.75) is 13.0 Å². The molecule has 154 valence electrons. The maximum Gasteiger partial charge on any atom is 0.258 e. The third-order valence-electron chi connectivity index (χ3n) is 5.44.